The Morgan fingerprint density at radius 2 is 2.29 bits per heavy atom. The topological polar surface area (TPSA) is 78.5 Å². The van der Waals surface area contributed by atoms with E-state index in [4.69, 9.17) is 0 Å². The molecule has 7 heteroatoms. The van der Waals surface area contributed by atoms with Crippen LogP contribution >= 0.6 is 11.3 Å². The van der Waals surface area contributed by atoms with Crippen LogP contribution in [0.3, 0.4) is 0 Å². The van der Waals surface area contributed by atoms with Crippen molar-refractivity contribution in [2.45, 2.75) is 25.3 Å². The van der Waals surface area contributed by atoms with Gasteiger partial charge in [-0.3, -0.25) is 14.5 Å². The molecular formula is C14H17N3O3S. The lowest BCUT2D eigenvalue weighted by Crippen LogP contribution is -2.43. The summed E-state index contributed by atoms with van der Waals surface area (Å²) in [6, 6.07) is 3.12. The van der Waals surface area contributed by atoms with E-state index in [0.717, 1.165) is 22.6 Å². The Hall–Kier alpha value is -1.89. The van der Waals surface area contributed by atoms with Crippen LogP contribution in [-0.4, -0.2) is 35.8 Å². The minimum Gasteiger partial charge on any atom is -0.354 e. The Bertz CT molecular complexity index is 582. The molecule has 1 saturated carbocycles. The fourth-order valence-electron chi connectivity index (χ4n) is 2.35. The molecule has 2 N–H and O–H groups in total. The molecule has 0 unspecified atom stereocenters. The minimum atomic E-state index is -1.07. The second-order valence-corrected chi connectivity index (χ2v) is 6.62. The normalized spacial score (nSPS) is 25.1. The fraction of sp³-hybridized carbons (Fsp3) is 0.500. The van der Waals surface area contributed by atoms with Crippen LogP contribution in [0.4, 0.5) is 4.79 Å². The van der Waals surface area contributed by atoms with E-state index in [9.17, 15) is 14.4 Å². The smallest absolute Gasteiger partial charge is 0.325 e. The molecule has 3 rings (SSSR count). The summed E-state index contributed by atoms with van der Waals surface area (Å²) >= 11 is 1.41. The van der Waals surface area contributed by atoms with Gasteiger partial charge in [-0.25, -0.2) is 4.79 Å². The number of rotatable bonds is 5. The second-order valence-electron chi connectivity index (χ2n) is 5.67. The highest BCUT2D eigenvalue weighted by Crippen LogP contribution is 2.31. The molecule has 21 heavy (non-hydrogen) atoms. The van der Waals surface area contributed by atoms with Crippen LogP contribution in [-0.2, 0) is 15.1 Å². The lowest BCUT2D eigenvalue weighted by Gasteiger charge is -2.19. The maximum Gasteiger partial charge on any atom is 0.325 e. The Labute approximate surface area is 126 Å². The average molecular weight is 307 g/mol. The summed E-state index contributed by atoms with van der Waals surface area (Å²) < 4.78 is 0. The van der Waals surface area contributed by atoms with E-state index in [1.165, 1.54) is 11.3 Å². The Morgan fingerprint density at radius 1 is 1.52 bits per heavy atom. The number of imide groups is 1. The Kier molecular flexibility index (Phi) is 3.44. The molecule has 0 bridgehead atoms. The lowest BCUT2D eigenvalue weighted by molar-refractivity contribution is -0.134. The van der Waals surface area contributed by atoms with Crippen molar-refractivity contribution in [3.63, 3.8) is 0 Å². The zero-order chi connectivity index (χ0) is 15.0. The van der Waals surface area contributed by atoms with Crippen molar-refractivity contribution < 1.29 is 14.4 Å². The van der Waals surface area contributed by atoms with E-state index in [1.807, 2.05) is 11.4 Å². The number of thiophene rings is 1. The highest BCUT2D eigenvalue weighted by Gasteiger charge is 2.50. The molecular weight excluding hydrogens is 290 g/mol. The van der Waals surface area contributed by atoms with Gasteiger partial charge >= 0.3 is 6.03 Å². The zero-order valence-electron chi connectivity index (χ0n) is 11.7. The van der Waals surface area contributed by atoms with Crippen molar-refractivity contribution >= 4 is 29.2 Å². The largest absolute Gasteiger partial charge is 0.354 e. The van der Waals surface area contributed by atoms with Gasteiger partial charge in [0.25, 0.3) is 5.91 Å². The molecule has 1 aliphatic carbocycles. The third-order valence-electron chi connectivity index (χ3n) is 3.88. The van der Waals surface area contributed by atoms with Crippen LogP contribution in [0.25, 0.3) is 0 Å². The van der Waals surface area contributed by atoms with Crippen LogP contribution < -0.4 is 10.6 Å². The predicted molar refractivity (Wildman–Crippen MR) is 77.6 cm³/mol. The molecule has 1 saturated heterocycles. The third kappa shape index (κ3) is 2.65. The van der Waals surface area contributed by atoms with Crippen LogP contribution in [0.2, 0.25) is 0 Å². The van der Waals surface area contributed by atoms with Gasteiger partial charge in [0.05, 0.1) is 0 Å². The first-order chi connectivity index (χ1) is 10.0. The SMILES string of the molecule is C[C@]1(c2cccs2)NC(=O)N(CC(=O)NCC2CC2)C1=O. The van der Waals surface area contributed by atoms with Crippen molar-refractivity contribution in [1.29, 1.82) is 0 Å². The van der Waals surface area contributed by atoms with Crippen LogP contribution in [0.1, 0.15) is 24.6 Å². The van der Waals surface area contributed by atoms with E-state index in [-0.39, 0.29) is 18.4 Å². The third-order valence-corrected chi connectivity index (χ3v) is 4.97. The summed E-state index contributed by atoms with van der Waals surface area (Å²) in [6.45, 7) is 2.07. The van der Waals surface area contributed by atoms with Crippen molar-refractivity contribution in [2.75, 3.05) is 13.1 Å². The molecule has 4 amide bonds. The first-order valence-corrected chi connectivity index (χ1v) is 7.83. The van der Waals surface area contributed by atoms with Crippen molar-refractivity contribution in [1.82, 2.24) is 15.5 Å². The average Bonchev–Trinajstić information content (AvgIpc) is 3.05. The van der Waals surface area contributed by atoms with Crippen LogP contribution in [0.5, 0.6) is 0 Å². The molecule has 0 radical (unpaired) electrons. The number of urea groups is 1. The number of carbonyl (C=O) groups excluding carboxylic acids is 3. The summed E-state index contributed by atoms with van der Waals surface area (Å²) in [4.78, 5) is 38.1. The van der Waals surface area contributed by atoms with E-state index in [0.29, 0.717) is 12.5 Å². The van der Waals surface area contributed by atoms with E-state index in [2.05, 4.69) is 10.6 Å². The molecule has 1 atom stereocenters. The van der Waals surface area contributed by atoms with Gasteiger partial charge in [-0.05, 0) is 37.1 Å². The molecule has 112 valence electrons. The van der Waals surface area contributed by atoms with Crippen LogP contribution in [0, 0.1) is 5.92 Å². The lowest BCUT2D eigenvalue weighted by atomic mass is 10.0. The number of hydrogen-bond acceptors (Lipinski definition) is 4. The summed E-state index contributed by atoms with van der Waals surface area (Å²) in [6.07, 6.45) is 2.28. The maximum absolute atomic E-state index is 12.5. The summed E-state index contributed by atoms with van der Waals surface area (Å²) in [5.74, 6) is -0.106. The minimum absolute atomic E-state index is 0.224. The number of hydrogen-bond donors (Lipinski definition) is 2. The van der Waals surface area contributed by atoms with Gasteiger partial charge in [-0.1, -0.05) is 6.07 Å². The van der Waals surface area contributed by atoms with Gasteiger partial charge < -0.3 is 10.6 Å². The van der Waals surface area contributed by atoms with Crippen molar-refractivity contribution in [3.8, 4) is 0 Å². The van der Waals surface area contributed by atoms with E-state index < -0.39 is 11.6 Å². The molecule has 1 aromatic rings. The first-order valence-electron chi connectivity index (χ1n) is 6.95. The first kappa shape index (κ1) is 14.1. The monoisotopic (exact) mass is 307 g/mol. The highest BCUT2D eigenvalue weighted by molar-refractivity contribution is 7.10. The number of nitrogens with one attached hydrogen (secondary N) is 2. The van der Waals surface area contributed by atoms with Gasteiger partial charge in [-0.15, -0.1) is 11.3 Å². The molecule has 2 heterocycles. The fourth-order valence-corrected chi connectivity index (χ4v) is 3.19. The number of amides is 4. The van der Waals surface area contributed by atoms with Crippen molar-refractivity contribution in [2.24, 2.45) is 5.92 Å². The maximum atomic E-state index is 12.5. The van der Waals surface area contributed by atoms with Crippen molar-refractivity contribution in [3.05, 3.63) is 22.4 Å². The highest BCUT2D eigenvalue weighted by atomic mass is 32.1. The summed E-state index contributed by atoms with van der Waals surface area (Å²) in [5, 5.41) is 7.30. The van der Waals surface area contributed by atoms with E-state index >= 15 is 0 Å². The molecule has 6 nitrogen and oxygen atoms in total. The summed E-state index contributed by atoms with van der Waals surface area (Å²) in [7, 11) is 0. The second kappa shape index (κ2) is 5.14. The molecule has 0 aromatic carbocycles. The Morgan fingerprint density at radius 3 is 2.90 bits per heavy atom. The van der Waals surface area contributed by atoms with Crippen LogP contribution in [0.15, 0.2) is 17.5 Å². The molecule has 2 fully saturated rings. The van der Waals surface area contributed by atoms with E-state index in [1.54, 1.807) is 13.0 Å². The predicted octanol–water partition coefficient (Wildman–Crippen LogP) is 1.04. The van der Waals surface area contributed by atoms with Gasteiger partial charge in [-0.2, -0.15) is 0 Å². The van der Waals surface area contributed by atoms with Gasteiger partial charge in [0.2, 0.25) is 5.91 Å². The quantitative estimate of drug-likeness (QED) is 0.798. The number of nitrogens with zero attached hydrogens (tertiary/aromatic N) is 1. The zero-order valence-corrected chi connectivity index (χ0v) is 12.5. The van der Waals surface area contributed by atoms with Gasteiger partial charge in [0, 0.05) is 11.4 Å². The molecule has 2 aliphatic rings. The molecule has 1 aliphatic heterocycles. The molecule has 0 spiro atoms. The van der Waals surface area contributed by atoms with Gasteiger partial charge in [0.1, 0.15) is 6.54 Å². The number of carbonyl (C=O) groups is 3. The summed E-state index contributed by atoms with van der Waals surface area (Å²) in [5.41, 5.74) is -1.07. The Balaban J connectivity index is 1.67. The standard InChI is InChI=1S/C14H17N3O3S/c1-14(10-3-2-6-21-10)12(19)17(13(20)16-14)8-11(18)15-7-9-4-5-9/h2-3,6,9H,4-5,7-8H2,1H3,(H,15,18)(H,16,20)/t14-/m1/s1. The molecule has 1 aromatic heterocycles. The van der Waals surface area contributed by atoms with Gasteiger partial charge in [0.15, 0.2) is 5.54 Å².